The summed E-state index contributed by atoms with van der Waals surface area (Å²) in [5.41, 5.74) is 8.20. The Bertz CT molecular complexity index is 493. The molecule has 2 rings (SSSR count). The smallest absolute Gasteiger partial charge is 0.251 e. The summed E-state index contributed by atoms with van der Waals surface area (Å²) >= 11 is 0. The molecule has 116 valence electrons. The third-order valence-electron chi connectivity index (χ3n) is 4.14. The van der Waals surface area contributed by atoms with Gasteiger partial charge in [-0.05, 0) is 37.6 Å². The molecule has 0 unspecified atom stereocenters. The predicted molar refractivity (Wildman–Crippen MR) is 87.8 cm³/mol. The normalized spacial score (nSPS) is 16.7. The number of likely N-dealkylation sites (tertiary alicyclic amines) is 1. The van der Waals surface area contributed by atoms with Crippen LogP contribution in [-0.2, 0) is 0 Å². The molecule has 0 atom stereocenters. The summed E-state index contributed by atoms with van der Waals surface area (Å²) in [6, 6.07) is 5.76. The van der Waals surface area contributed by atoms with E-state index in [-0.39, 0.29) is 11.9 Å². The number of nitrogens with one attached hydrogen (secondary N) is 1. The van der Waals surface area contributed by atoms with Gasteiger partial charge in [0.05, 0.1) is 11.4 Å². The van der Waals surface area contributed by atoms with Crippen LogP contribution in [0.25, 0.3) is 0 Å². The third kappa shape index (κ3) is 3.88. The SMILES string of the molecule is CCN1CCC(NC(=O)c2ccc(N(C)C)c(N)c2)CC1. The first-order chi connectivity index (χ1) is 10.0. The van der Waals surface area contributed by atoms with Gasteiger partial charge in [0, 0.05) is 38.8 Å². The number of hydrogen-bond donors (Lipinski definition) is 2. The molecule has 1 aliphatic rings. The van der Waals surface area contributed by atoms with Crippen molar-refractivity contribution in [2.75, 3.05) is 44.4 Å². The van der Waals surface area contributed by atoms with Crippen LogP contribution in [0, 0.1) is 0 Å². The van der Waals surface area contributed by atoms with E-state index in [1.165, 1.54) is 0 Å². The maximum absolute atomic E-state index is 12.3. The number of rotatable bonds is 4. The second-order valence-electron chi connectivity index (χ2n) is 5.85. The van der Waals surface area contributed by atoms with Gasteiger partial charge >= 0.3 is 0 Å². The summed E-state index contributed by atoms with van der Waals surface area (Å²) in [5.74, 6) is -0.0260. The van der Waals surface area contributed by atoms with Gasteiger partial charge in [-0.3, -0.25) is 4.79 Å². The topological polar surface area (TPSA) is 61.6 Å². The lowest BCUT2D eigenvalue weighted by Crippen LogP contribution is -2.44. The maximum atomic E-state index is 12.3. The van der Waals surface area contributed by atoms with Crippen LogP contribution in [0.1, 0.15) is 30.1 Å². The Morgan fingerprint density at radius 3 is 2.57 bits per heavy atom. The van der Waals surface area contributed by atoms with Crippen molar-refractivity contribution in [1.82, 2.24) is 10.2 Å². The Morgan fingerprint density at radius 2 is 2.05 bits per heavy atom. The summed E-state index contributed by atoms with van der Waals surface area (Å²) in [7, 11) is 3.87. The number of benzene rings is 1. The van der Waals surface area contributed by atoms with Crippen molar-refractivity contribution >= 4 is 17.3 Å². The zero-order valence-corrected chi connectivity index (χ0v) is 13.2. The van der Waals surface area contributed by atoms with E-state index < -0.39 is 0 Å². The minimum Gasteiger partial charge on any atom is -0.397 e. The van der Waals surface area contributed by atoms with E-state index in [0.717, 1.165) is 38.2 Å². The van der Waals surface area contributed by atoms with E-state index in [1.807, 2.05) is 31.1 Å². The van der Waals surface area contributed by atoms with Crippen LogP contribution in [0.15, 0.2) is 18.2 Å². The first-order valence-electron chi connectivity index (χ1n) is 7.61. The molecular formula is C16H26N4O. The van der Waals surface area contributed by atoms with E-state index in [2.05, 4.69) is 17.1 Å². The molecule has 5 heteroatoms. The molecular weight excluding hydrogens is 264 g/mol. The van der Waals surface area contributed by atoms with Crippen LogP contribution < -0.4 is 16.0 Å². The number of nitrogens with zero attached hydrogens (tertiary/aromatic N) is 2. The molecule has 0 spiro atoms. The van der Waals surface area contributed by atoms with Crippen LogP contribution in [0.4, 0.5) is 11.4 Å². The Kier molecular flexibility index (Phi) is 5.07. The van der Waals surface area contributed by atoms with Gasteiger partial charge in [-0.15, -0.1) is 0 Å². The first kappa shape index (κ1) is 15.6. The number of nitrogen functional groups attached to an aromatic ring is 1. The highest BCUT2D eigenvalue weighted by Gasteiger charge is 2.20. The van der Waals surface area contributed by atoms with E-state index in [9.17, 15) is 4.79 Å². The van der Waals surface area contributed by atoms with Crippen molar-refractivity contribution in [1.29, 1.82) is 0 Å². The van der Waals surface area contributed by atoms with Gasteiger partial charge in [-0.2, -0.15) is 0 Å². The number of hydrogen-bond acceptors (Lipinski definition) is 4. The molecule has 0 aliphatic carbocycles. The second kappa shape index (κ2) is 6.80. The third-order valence-corrected chi connectivity index (χ3v) is 4.14. The molecule has 0 aromatic heterocycles. The largest absolute Gasteiger partial charge is 0.397 e. The Balaban J connectivity index is 1.96. The van der Waals surface area contributed by atoms with Gasteiger partial charge in [-0.1, -0.05) is 6.92 Å². The number of carbonyl (C=O) groups is 1. The molecule has 1 heterocycles. The standard InChI is InChI=1S/C16H26N4O/c1-4-20-9-7-13(8-10-20)18-16(21)12-5-6-15(19(2)3)14(17)11-12/h5-6,11,13H,4,7-10,17H2,1-3H3,(H,18,21). The fourth-order valence-electron chi connectivity index (χ4n) is 2.77. The Labute approximate surface area is 127 Å². The molecule has 0 saturated carbocycles. The number of amides is 1. The first-order valence-corrected chi connectivity index (χ1v) is 7.61. The molecule has 0 bridgehead atoms. The highest BCUT2D eigenvalue weighted by Crippen LogP contribution is 2.22. The molecule has 1 aliphatic heterocycles. The average molecular weight is 290 g/mol. The van der Waals surface area contributed by atoms with Crippen molar-refractivity contribution in [3.63, 3.8) is 0 Å². The van der Waals surface area contributed by atoms with Gasteiger partial charge < -0.3 is 20.9 Å². The highest BCUT2D eigenvalue weighted by molar-refractivity contribution is 5.96. The van der Waals surface area contributed by atoms with Crippen molar-refractivity contribution < 1.29 is 4.79 Å². The van der Waals surface area contributed by atoms with Gasteiger partial charge in [0.25, 0.3) is 5.91 Å². The molecule has 1 fully saturated rings. The van der Waals surface area contributed by atoms with Crippen LogP contribution in [0.5, 0.6) is 0 Å². The van der Waals surface area contributed by atoms with Crippen LogP contribution in [0.2, 0.25) is 0 Å². The van der Waals surface area contributed by atoms with E-state index >= 15 is 0 Å². The average Bonchev–Trinajstić information content (AvgIpc) is 2.47. The second-order valence-corrected chi connectivity index (χ2v) is 5.85. The maximum Gasteiger partial charge on any atom is 0.251 e. The molecule has 1 aromatic carbocycles. The molecule has 1 amide bonds. The fraction of sp³-hybridized carbons (Fsp3) is 0.562. The fourth-order valence-corrected chi connectivity index (χ4v) is 2.77. The zero-order chi connectivity index (χ0) is 15.4. The quantitative estimate of drug-likeness (QED) is 0.826. The van der Waals surface area contributed by atoms with Gasteiger partial charge in [-0.25, -0.2) is 0 Å². The molecule has 1 saturated heterocycles. The van der Waals surface area contributed by atoms with Gasteiger partial charge in [0.2, 0.25) is 0 Å². The Morgan fingerprint density at radius 1 is 1.38 bits per heavy atom. The molecule has 5 nitrogen and oxygen atoms in total. The van der Waals surface area contributed by atoms with Crippen molar-refractivity contribution in [2.24, 2.45) is 0 Å². The molecule has 0 radical (unpaired) electrons. The monoisotopic (exact) mass is 290 g/mol. The van der Waals surface area contributed by atoms with Crippen LogP contribution in [0.3, 0.4) is 0 Å². The van der Waals surface area contributed by atoms with E-state index in [4.69, 9.17) is 5.73 Å². The lowest BCUT2D eigenvalue weighted by atomic mass is 10.0. The minimum absolute atomic E-state index is 0.0260. The Hall–Kier alpha value is -1.75. The minimum atomic E-state index is -0.0260. The molecule has 21 heavy (non-hydrogen) atoms. The van der Waals surface area contributed by atoms with E-state index in [0.29, 0.717) is 11.3 Å². The summed E-state index contributed by atoms with van der Waals surface area (Å²) in [6.07, 6.45) is 2.04. The predicted octanol–water partition coefficient (Wildman–Crippen LogP) is 1.55. The highest BCUT2D eigenvalue weighted by atomic mass is 16.1. The van der Waals surface area contributed by atoms with Gasteiger partial charge in [0.15, 0.2) is 0 Å². The van der Waals surface area contributed by atoms with Crippen LogP contribution >= 0.6 is 0 Å². The summed E-state index contributed by atoms with van der Waals surface area (Å²) < 4.78 is 0. The lowest BCUT2D eigenvalue weighted by Gasteiger charge is -2.31. The summed E-state index contributed by atoms with van der Waals surface area (Å²) in [6.45, 7) is 5.38. The van der Waals surface area contributed by atoms with Crippen molar-refractivity contribution in [2.45, 2.75) is 25.8 Å². The number of carbonyl (C=O) groups excluding carboxylic acids is 1. The molecule has 3 N–H and O–H groups in total. The van der Waals surface area contributed by atoms with Crippen molar-refractivity contribution in [3.05, 3.63) is 23.8 Å². The summed E-state index contributed by atoms with van der Waals surface area (Å²) in [5, 5.41) is 3.12. The lowest BCUT2D eigenvalue weighted by molar-refractivity contribution is 0.0913. The van der Waals surface area contributed by atoms with E-state index in [1.54, 1.807) is 6.07 Å². The number of nitrogens with two attached hydrogens (primary N) is 1. The zero-order valence-electron chi connectivity index (χ0n) is 13.2. The number of anilines is 2. The summed E-state index contributed by atoms with van der Waals surface area (Å²) in [4.78, 5) is 16.7. The molecule has 1 aromatic rings. The van der Waals surface area contributed by atoms with Crippen LogP contribution in [-0.4, -0.2) is 50.6 Å². The van der Waals surface area contributed by atoms with Gasteiger partial charge in [0.1, 0.15) is 0 Å². The number of piperidine rings is 1. The van der Waals surface area contributed by atoms with Crippen molar-refractivity contribution in [3.8, 4) is 0 Å².